The standard InChI is InChI=1S/C24H27N5O4S/c1-14-16(3)34-22-20(14)21(25-13-26-22)27-15(2)23(30)28-8-10-29(11-9-28)24(31)19-12-32-17-6-4-5-7-18(17)33-19/h4-7,13,15,19H,8-12H2,1-3H3,(H,25,26,27). The zero-order valence-corrected chi connectivity index (χ0v) is 20.2. The van der Waals surface area contributed by atoms with Crippen molar-refractivity contribution in [1.29, 1.82) is 0 Å². The van der Waals surface area contributed by atoms with E-state index in [1.165, 1.54) is 11.2 Å². The van der Waals surface area contributed by atoms with Crippen molar-refractivity contribution in [3.8, 4) is 11.5 Å². The van der Waals surface area contributed by atoms with Crippen LogP contribution in [0.1, 0.15) is 17.4 Å². The van der Waals surface area contributed by atoms with Gasteiger partial charge in [-0.15, -0.1) is 11.3 Å². The average molecular weight is 482 g/mol. The van der Waals surface area contributed by atoms with Gasteiger partial charge in [-0.3, -0.25) is 9.59 Å². The summed E-state index contributed by atoms with van der Waals surface area (Å²) in [7, 11) is 0. The lowest BCUT2D eigenvalue weighted by atomic mass is 10.2. The number of para-hydroxylation sites is 2. The zero-order valence-electron chi connectivity index (χ0n) is 19.4. The van der Waals surface area contributed by atoms with E-state index < -0.39 is 12.1 Å². The number of hydrogen-bond donors (Lipinski definition) is 1. The van der Waals surface area contributed by atoms with Gasteiger partial charge in [-0.25, -0.2) is 9.97 Å². The Hall–Kier alpha value is -3.40. The van der Waals surface area contributed by atoms with Gasteiger partial charge in [0, 0.05) is 31.1 Å². The first-order valence-corrected chi connectivity index (χ1v) is 12.2. The fraction of sp³-hybridized carbons (Fsp3) is 0.417. The number of piperazine rings is 1. The highest BCUT2D eigenvalue weighted by atomic mass is 32.1. The molecule has 178 valence electrons. The summed E-state index contributed by atoms with van der Waals surface area (Å²) in [6, 6.07) is 6.88. The number of benzene rings is 1. The second-order valence-corrected chi connectivity index (χ2v) is 9.77. The molecule has 34 heavy (non-hydrogen) atoms. The lowest BCUT2D eigenvalue weighted by Crippen LogP contribution is -2.56. The Labute approximate surface area is 201 Å². The van der Waals surface area contributed by atoms with Gasteiger partial charge in [0.2, 0.25) is 12.0 Å². The smallest absolute Gasteiger partial charge is 0.267 e. The van der Waals surface area contributed by atoms with Crippen LogP contribution >= 0.6 is 11.3 Å². The van der Waals surface area contributed by atoms with E-state index in [2.05, 4.69) is 22.2 Å². The summed E-state index contributed by atoms with van der Waals surface area (Å²) in [5.74, 6) is 1.78. The number of hydrogen-bond acceptors (Lipinski definition) is 8. The maximum Gasteiger partial charge on any atom is 0.267 e. The molecule has 0 bridgehead atoms. The molecule has 1 N–H and O–H groups in total. The number of nitrogens with one attached hydrogen (secondary N) is 1. The molecule has 4 heterocycles. The largest absolute Gasteiger partial charge is 0.485 e. The van der Waals surface area contributed by atoms with Gasteiger partial charge in [-0.05, 0) is 38.5 Å². The van der Waals surface area contributed by atoms with Crippen LogP contribution in [0.3, 0.4) is 0 Å². The second kappa shape index (κ2) is 9.09. The van der Waals surface area contributed by atoms with Crippen molar-refractivity contribution in [3.05, 3.63) is 41.0 Å². The minimum Gasteiger partial charge on any atom is -0.485 e. The molecule has 10 heteroatoms. The third-order valence-electron chi connectivity index (χ3n) is 6.38. The number of amides is 2. The Morgan fingerprint density at radius 1 is 1.09 bits per heavy atom. The molecule has 2 aromatic heterocycles. The summed E-state index contributed by atoms with van der Waals surface area (Å²) in [5, 5.41) is 4.25. The Morgan fingerprint density at radius 3 is 2.56 bits per heavy atom. The SMILES string of the molecule is Cc1sc2ncnc(NC(C)C(=O)N3CCN(C(=O)C4COc5ccccc5O4)CC3)c2c1C. The molecule has 2 unspecified atom stereocenters. The normalized spacial score (nSPS) is 18.6. The minimum absolute atomic E-state index is 0.0188. The number of nitrogens with zero attached hydrogens (tertiary/aromatic N) is 4. The van der Waals surface area contributed by atoms with Gasteiger partial charge in [0.15, 0.2) is 11.5 Å². The number of fused-ring (bicyclic) bond motifs is 2. The monoisotopic (exact) mass is 481 g/mol. The van der Waals surface area contributed by atoms with Crippen LogP contribution in [0, 0.1) is 13.8 Å². The number of ether oxygens (including phenoxy) is 2. The molecular formula is C24H27N5O4S. The number of thiophene rings is 1. The number of rotatable bonds is 4. The van der Waals surface area contributed by atoms with E-state index in [-0.39, 0.29) is 18.4 Å². The molecule has 0 saturated carbocycles. The first kappa shape index (κ1) is 22.4. The summed E-state index contributed by atoms with van der Waals surface area (Å²) >= 11 is 1.62. The van der Waals surface area contributed by atoms with Crippen molar-refractivity contribution in [3.63, 3.8) is 0 Å². The summed E-state index contributed by atoms with van der Waals surface area (Å²) in [6.07, 6.45) is 0.854. The van der Waals surface area contributed by atoms with E-state index in [9.17, 15) is 9.59 Å². The molecule has 1 aromatic carbocycles. The van der Waals surface area contributed by atoms with Gasteiger partial charge in [0.05, 0.1) is 5.39 Å². The highest BCUT2D eigenvalue weighted by molar-refractivity contribution is 7.18. The highest BCUT2D eigenvalue weighted by Crippen LogP contribution is 2.33. The van der Waals surface area contributed by atoms with Crippen LogP contribution in [0.25, 0.3) is 10.2 Å². The lowest BCUT2D eigenvalue weighted by Gasteiger charge is -2.38. The zero-order chi connectivity index (χ0) is 23.8. The molecule has 2 atom stereocenters. The van der Waals surface area contributed by atoms with Crippen molar-refractivity contribution < 1.29 is 19.1 Å². The van der Waals surface area contributed by atoms with Crippen LogP contribution in [0.2, 0.25) is 0 Å². The van der Waals surface area contributed by atoms with Gasteiger partial charge in [0.1, 0.15) is 29.6 Å². The number of carbonyl (C=O) groups is 2. The van der Waals surface area contributed by atoms with Crippen molar-refractivity contribution in [1.82, 2.24) is 19.8 Å². The maximum absolute atomic E-state index is 13.1. The molecule has 9 nitrogen and oxygen atoms in total. The van der Waals surface area contributed by atoms with E-state index in [0.29, 0.717) is 43.5 Å². The second-order valence-electron chi connectivity index (χ2n) is 8.57. The predicted molar refractivity (Wildman–Crippen MR) is 129 cm³/mol. The van der Waals surface area contributed by atoms with E-state index in [0.717, 1.165) is 15.8 Å². The summed E-state index contributed by atoms with van der Waals surface area (Å²) in [5.41, 5.74) is 1.13. The topological polar surface area (TPSA) is 96.9 Å². The van der Waals surface area contributed by atoms with Gasteiger partial charge in [0.25, 0.3) is 5.91 Å². The Bertz CT molecular complexity index is 1240. The molecular weight excluding hydrogens is 454 g/mol. The van der Waals surface area contributed by atoms with Crippen LogP contribution in [0.4, 0.5) is 5.82 Å². The van der Waals surface area contributed by atoms with E-state index in [4.69, 9.17) is 9.47 Å². The molecule has 0 radical (unpaired) electrons. The van der Waals surface area contributed by atoms with Crippen LogP contribution in [-0.2, 0) is 9.59 Å². The third-order valence-corrected chi connectivity index (χ3v) is 7.49. The number of anilines is 1. The van der Waals surface area contributed by atoms with Crippen LogP contribution in [-0.4, -0.2) is 76.5 Å². The molecule has 0 aliphatic carbocycles. The van der Waals surface area contributed by atoms with Gasteiger partial charge in [-0.2, -0.15) is 0 Å². The molecule has 2 aliphatic heterocycles. The Morgan fingerprint density at radius 2 is 1.79 bits per heavy atom. The number of carbonyl (C=O) groups excluding carboxylic acids is 2. The molecule has 1 fully saturated rings. The first-order chi connectivity index (χ1) is 16.4. The van der Waals surface area contributed by atoms with E-state index in [1.54, 1.807) is 27.2 Å². The Kier molecular flexibility index (Phi) is 5.99. The highest BCUT2D eigenvalue weighted by Gasteiger charge is 2.34. The van der Waals surface area contributed by atoms with Crippen LogP contribution < -0.4 is 14.8 Å². The summed E-state index contributed by atoms with van der Waals surface area (Å²) < 4.78 is 11.5. The molecule has 1 saturated heterocycles. The fourth-order valence-electron chi connectivity index (χ4n) is 4.32. The molecule has 0 spiro atoms. The van der Waals surface area contributed by atoms with Gasteiger partial charge >= 0.3 is 0 Å². The van der Waals surface area contributed by atoms with Crippen molar-refractivity contribution >= 4 is 39.2 Å². The number of aromatic nitrogens is 2. The predicted octanol–water partition coefficient (Wildman–Crippen LogP) is 2.62. The summed E-state index contributed by atoms with van der Waals surface area (Å²) in [4.78, 5) is 40.5. The molecule has 2 aliphatic rings. The molecule has 3 aromatic rings. The fourth-order valence-corrected chi connectivity index (χ4v) is 5.32. The minimum atomic E-state index is -0.671. The summed E-state index contributed by atoms with van der Waals surface area (Å²) in [6.45, 7) is 7.98. The Balaban J connectivity index is 1.18. The molecule has 2 amide bonds. The van der Waals surface area contributed by atoms with E-state index in [1.807, 2.05) is 32.0 Å². The quantitative estimate of drug-likeness (QED) is 0.612. The van der Waals surface area contributed by atoms with Gasteiger partial charge in [-0.1, -0.05) is 12.1 Å². The van der Waals surface area contributed by atoms with Gasteiger partial charge < -0.3 is 24.6 Å². The van der Waals surface area contributed by atoms with Crippen LogP contribution in [0.5, 0.6) is 11.5 Å². The molecule has 5 rings (SSSR count). The first-order valence-electron chi connectivity index (χ1n) is 11.4. The maximum atomic E-state index is 13.1. The van der Waals surface area contributed by atoms with Crippen molar-refractivity contribution in [2.75, 3.05) is 38.1 Å². The van der Waals surface area contributed by atoms with Crippen molar-refractivity contribution in [2.45, 2.75) is 32.9 Å². The number of aryl methyl sites for hydroxylation is 2. The van der Waals surface area contributed by atoms with Crippen LogP contribution in [0.15, 0.2) is 30.6 Å². The third kappa shape index (κ3) is 4.13. The van der Waals surface area contributed by atoms with Crippen molar-refractivity contribution in [2.24, 2.45) is 0 Å². The average Bonchev–Trinajstić information content (AvgIpc) is 3.17. The lowest BCUT2D eigenvalue weighted by molar-refractivity contribution is -0.146. The van der Waals surface area contributed by atoms with E-state index >= 15 is 0 Å².